The van der Waals surface area contributed by atoms with Crippen LogP contribution in [0.5, 0.6) is 0 Å². The fraction of sp³-hybridized carbons (Fsp3) is 1.00. The van der Waals surface area contributed by atoms with Crippen LogP contribution in [0.2, 0.25) is 0 Å². The van der Waals surface area contributed by atoms with Crippen molar-refractivity contribution in [3.05, 3.63) is 5.43 Å². The molecule has 12 heavy (non-hydrogen) atoms. The Morgan fingerprint density at radius 3 is 2.42 bits per heavy atom. The van der Waals surface area contributed by atoms with E-state index in [0.717, 1.165) is 12.5 Å². The Morgan fingerprint density at radius 1 is 1.42 bits per heavy atom. The Labute approximate surface area is 88.2 Å². The number of piperidine rings is 1. The van der Waals surface area contributed by atoms with Gasteiger partial charge in [-0.3, -0.25) is 0 Å². The normalized spacial score (nSPS) is 29.5. The van der Waals surface area contributed by atoms with Crippen molar-refractivity contribution in [2.75, 3.05) is 13.6 Å². The molecule has 0 radical (unpaired) electrons. The van der Waals surface area contributed by atoms with Gasteiger partial charge in [0.1, 0.15) is 0 Å². The van der Waals surface area contributed by atoms with Crippen LogP contribution < -0.4 is 18.9 Å². The van der Waals surface area contributed by atoms with Crippen molar-refractivity contribution in [1.82, 2.24) is 5.01 Å². The molecule has 1 aliphatic rings. The second-order valence-electron chi connectivity index (χ2n) is 4.02. The van der Waals surface area contributed by atoms with Crippen molar-refractivity contribution in [1.29, 1.82) is 0 Å². The van der Waals surface area contributed by atoms with E-state index in [-0.39, 0.29) is 24.4 Å². The second kappa shape index (κ2) is 4.67. The zero-order valence-corrected chi connectivity index (χ0v) is 9.09. The summed E-state index contributed by atoms with van der Waals surface area (Å²) in [6.45, 7) is 8.01. The number of rotatable bonds is 1. The van der Waals surface area contributed by atoms with Crippen LogP contribution in [0, 0.1) is 5.92 Å². The first-order valence-corrected chi connectivity index (χ1v) is 4.46. The third-order valence-corrected chi connectivity index (χ3v) is 3.12. The molecule has 0 N–H and O–H groups in total. The van der Waals surface area contributed by atoms with E-state index in [9.17, 15) is 0 Å². The number of hydrogen-bond acceptors (Lipinski definition) is 1. The Hall–Kier alpha value is 0.517. The minimum absolute atomic E-state index is 0. The molecule has 66 valence electrons. The first-order valence-electron chi connectivity index (χ1n) is 4.46. The summed E-state index contributed by atoms with van der Waals surface area (Å²) < 4.78 is 0. The van der Waals surface area contributed by atoms with Crippen LogP contribution >= 0.6 is 0 Å². The Morgan fingerprint density at radius 2 is 2.00 bits per heavy atom. The van der Waals surface area contributed by atoms with Crippen molar-refractivity contribution in [2.45, 2.75) is 39.2 Å². The fourth-order valence-electron chi connectivity index (χ4n) is 1.80. The Balaban J connectivity index is 0.00000121. The van der Waals surface area contributed by atoms with E-state index < -0.39 is 0 Å². The third kappa shape index (κ3) is 2.26. The molecule has 0 saturated carbocycles. The molecule has 1 fully saturated rings. The zero-order valence-electron chi connectivity index (χ0n) is 9.09. The molecular weight excluding hydrogens is 143 g/mol. The maximum Gasteiger partial charge on any atom is 1.00 e. The van der Waals surface area contributed by atoms with Gasteiger partial charge in [0, 0.05) is 5.54 Å². The second-order valence-corrected chi connectivity index (χ2v) is 4.02. The van der Waals surface area contributed by atoms with Gasteiger partial charge in [0.15, 0.2) is 0 Å². The molecule has 1 rings (SSSR count). The van der Waals surface area contributed by atoms with Gasteiger partial charge in [-0.15, -0.1) is 0 Å². The van der Waals surface area contributed by atoms with E-state index in [4.69, 9.17) is 0 Å². The minimum atomic E-state index is 0. The molecule has 0 bridgehead atoms. The van der Waals surface area contributed by atoms with Gasteiger partial charge in [-0.2, -0.15) is 7.05 Å². The summed E-state index contributed by atoms with van der Waals surface area (Å²) in [5.74, 6) is 0.764. The van der Waals surface area contributed by atoms with Crippen molar-refractivity contribution in [2.24, 2.45) is 5.92 Å². The molecule has 2 nitrogen and oxygen atoms in total. The van der Waals surface area contributed by atoms with Crippen LogP contribution in [0.3, 0.4) is 0 Å². The summed E-state index contributed by atoms with van der Waals surface area (Å²) in [4.78, 5) is 0. The van der Waals surface area contributed by atoms with Crippen LogP contribution in [0.1, 0.15) is 33.6 Å². The smallest absolute Gasteiger partial charge is 0.597 e. The summed E-state index contributed by atoms with van der Waals surface area (Å²) >= 11 is 0. The van der Waals surface area contributed by atoms with Crippen molar-refractivity contribution in [3.63, 3.8) is 0 Å². The molecular formula is C9H19LiN2. The van der Waals surface area contributed by atoms with Gasteiger partial charge in [-0.05, 0) is 39.2 Å². The average molecular weight is 162 g/mol. The molecule has 0 aromatic heterocycles. The van der Waals surface area contributed by atoms with Crippen molar-refractivity contribution in [3.8, 4) is 0 Å². The molecule has 1 atom stereocenters. The quantitative estimate of drug-likeness (QED) is 0.471. The summed E-state index contributed by atoms with van der Waals surface area (Å²) in [7, 11) is 1.89. The first kappa shape index (κ1) is 12.5. The maximum atomic E-state index is 4.28. The topological polar surface area (TPSA) is 17.3 Å². The van der Waals surface area contributed by atoms with Gasteiger partial charge in [-0.1, -0.05) is 6.92 Å². The zero-order chi connectivity index (χ0) is 8.48. The van der Waals surface area contributed by atoms with Crippen LogP contribution in [-0.2, 0) is 0 Å². The van der Waals surface area contributed by atoms with Gasteiger partial charge in [0.25, 0.3) is 0 Å². The largest absolute Gasteiger partial charge is 1.00 e. The molecule has 0 aromatic rings. The predicted molar refractivity (Wildman–Crippen MR) is 48.5 cm³/mol. The fourth-order valence-corrected chi connectivity index (χ4v) is 1.80. The average Bonchev–Trinajstić information content (AvgIpc) is 1.95. The SMILES string of the molecule is C[N-]N1CCCC(C)C1(C)C.[Li+]. The molecule has 1 saturated heterocycles. The van der Waals surface area contributed by atoms with Crippen LogP contribution in [0.25, 0.3) is 5.43 Å². The molecule has 0 aromatic carbocycles. The van der Waals surface area contributed by atoms with Gasteiger partial charge < -0.3 is 10.4 Å². The standard InChI is InChI=1S/C9H19N2.Li/c1-8-6-5-7-11(10-4)9(8,2)3;/h8H,5-7H2,1-4H3;/q-1;+1. The van der Waals surface area contributed by atoms with E-state index in [1.165, 1.54) is 12.8 Å². The summed E-state index contributed by atoms with van der Waals surface area (Å²) in [6, 6.07) is 0. The molecule has 1 heterocycles. The third-order valence-electron chi connectivity index (χ3n) is 3.12. The molecule has 0 aliphatic carbocycles. The molecule has 0 amide bonds. The summed E-state index contributed by atoms with van der Waals surface area (Å²) in [5, 5.41) is 2.22. The molecule has 1 unspecified atom stereocenters. The van der Waals surface area contributed by atoms with E-state index in [2.05, 4.69) is 31.2 Å². The summed E-state index contributed by atoms with van der Waals surface area (Å²) in [5.41, 5.74) is 4.55. The van der Waals surface area contributed by atoms with Crippen LogP contribution in [0.4, 0.5) is 0 Å². The van der Waals surface area contributed by atoms with E-state index in [0.29, 0.717) is 0 Å². The van der Waals surface area contributed by atoms with E-state index in [1.807, 2.05) is 7.05 Å². The van der Waals surface area contributed by atoms with Gasteiger partial charge in [-0.25, -0.2) is 0 Å². The van der Waals surface area contributed by atoms with Crippen LogP contribution in [0.15, 0.2) is 0 Å². The maximum absolute atomic E-state index is 4.28. The molecule has 3 heteroatoms. The number of nitrogens with zero attached hydrogens (tertiary/aromatic N) is 2. The minimum Gasteiger partial charge on any atom is -0.597 e. The molecule has 0 spiro atoms. The number of hydrogen-bond donors (Lipinski definition) is 0. The summed E-state index contributed by atoms with van der Waals surface area (Å²) in [6.07, 6.45) is 2.64. The van der Waals surface area contributed by atoms with Crippen LogP contribution in [-0.4, -0.2) is 24.1 Å². The van der Waals surface area contributed by atoms with E-state index in [1.54, 1.807) is 0 Å². The first-order chi connectivity index (χ1) is 5.09. The van der Waals surface area contributed by atoms with Gasteiger partial charge >= 0.3 is 18.9 Å². The van der Waals surface area contributed by atoms with Gasteiger partial charge in [0.05, 0.1) is 0 Å². The molecule has 1 aliphatic heterocycles. The van der Waals surface area contributed by atoms with E-state index >= 15 is 0 Å². The monoisotopic (exact) mass is 162 g/mol. The van der Waals surface area contributed by atoms with Gasteiger partial charge in [0.2, 0.25) is 0 Å². The Bertz CT molecular complexity index is 136. The van der Waals surface area contributed by atoms with Crippen molar-refractivity contribution >= 4 is 0 Å². The van der Waals surface area contributed by atoms with Crippen molar-refractivity contribution < 1.29 is 18.9 Å². The Kier molecular flexibility index (Phi) is 4.87. The predicted octanol–water partition coefficient (Wildman–Crippen LogP) is -0.581.